The zero-order valence-corrected chi connectivity index (χ0v) is 14.5. The largest absolute Gasteiger partial charge is 0.370 e. The highest BCUT2D eigenvalue weighted by Gasteiger charge is 2.47. The Kier molecular flexibility index (Phi) is 4.55. The Balaban J connectivity index is 0.000000880. The van der Waals surface area contributed by atoms with E-state index in [2.05, 4.69) is 9.98 Å². The van der Waals surface area contributed by atoms with Crippen LogP contribution in [0.5, 0.6) is 0 Å². The molecule has 25 heavy (non-hydrogen) atoms. The Morgan fingerprint density at radius 2 is 2.04 bits per heavy atom. The van der Waals surface area contributed by atoms with E-state index in [0.717, 1.165) is 35.2 Å². The molecule has 2 aliphatic rings. The van der Waals surface area contributed by atoms with E-state index >= 15 is 0 Å². The first-order valence-corrected chi connectivity index (χ1v) is 8.50. The Labute approximate surface area is 146 Å². The van der Waals surface area contributed by atoms with Gasteiger partial charge in [-0.3, -0.25) is 9.78 Å². The number of pyridine rings is 1. The number of ether oxygens (including phenoxy) is 1. The summed E-state index contributed by atoms with van der Waals surface area (Å²) in [4.78, 5) is 20.3. The van der Waals surface area contributed by atoms with Crippen molar-refractivity contribution >= 4 is 11.9 Å². The normalized spacial score (nSPS) is 19.6. The van der Waals surface area contributed by atoms with Gasteiger partial charge in [-0.05, 0) is 36.6 Å². The summed E-state index contributed by atoms with van der Waals surface area (Å²) in [7, 11) is 0. The molecule has 4 N–H and O–H groups in total. The summed E-state index contributed by atoms with van der Waals surface area (Å²) < 4.78 is 6.13. The number of amides is 1. The molecule has 1 unspecified atom stereocenters. The number of aromatic nitrogens is 1. The number of benzene rings is 1. The number of nitrogens with zero attached hydrogens (tertiary/aromatic N) is 2. The maximum Gasteiger partial charge on any atom is 0.280 e. The lowest BCUT2D eigenvalue weighted by Gasteiger charge is -2.25. The molecule has 1 amide bonds. The third-order valence-electron chi connectivity index (χ3n) is 4.45. The monoisotopic (exact) mass is 338 g/mol. The fourth-order valence-corrected chi connectivity index (χ4v) is 3.56. The van der Waals surface area contributed by atoms with E-state index in [-0.39, 0.29) is 5.96 Å². The topological polar surface area (TPSA) is 104 Å². The van der Waals surface area contributed by atoms with E-state index in [1.54, 1.807) is 12.3 Å². The SMILES string of the molecule is CC.NC(N)=NC(=O)c1ccc2c(c1)C1(CCCO1)c1cccnc1-2. The number of hydrogen-bond acceptors (Lipinski definition) is 3. The Hall–Kier alpha value is -2.73. The highest BCUT2D eigenvalue weighted by atomic mass is 16.5. The van der Waals surface area contributed by atoms with Gasteiger partial charge in [-0.15, -0.1) is 0 Å². The van der Waals surface area contributed by atoms with Gasteiger partial charge in [-0.25, -0.2) is 0 Å². The van der Waals surface area contributed by atoms with Crippen molar-refractivity contribution in [2.45, 2.75) is 32.3 Å². The number of fused-ring (bicyclic) bond motifs is 5. The maximum atomic E-state index is 12.1. The van der Waals surface area contributed by atoms with Crippen LogP contribution in [0.1, 0.15) is 48.2 Å². The van der Waals surface area contributed by atoms with Crippen molar-refractivity contribution in [1.29, 1.82) is 0 Å². The lowest BCUT2D eigenvalue weighted by molar-refractivity contribution is 0.0396. The van der Waals surface area contributed by atoms with Gasteiger partial charge >= 0.3 is 0 Å². The Bertz CT molecular complexity index is 835. The van der Waals surface area contributed by atoms with Crippen molar-refractivity contribution in [1.82, 2.24) is 4.98 Å². The Morgan fingerprint density at radius 1 is 1.24 bits per heavy atom. The highest BCUT2D eigenvalue weighted by Crippen LogP contribution is 2.53. The average Bonchev–Trinajstić information content (AvgIpc) is 3.22. The zero-order chi connectivity index (χ0) is 18.0. The number of carbonyl (C=O) groups is 1. The number of guanidine groups is 1. The molecule has 1 spiro atoms. The third-order valence-corrected chi connectivity index (χ3v) is 4.45. The Morgan fingerprint density at radius 3 is 2.72 bits per heavy atom. The molecule has 1 aromatic heterocycles. The molecule has 2 aromatic rings. The molecule has 1 saturated heterocycles. The second-order valence-corrected chi connectivity index (χ2v) is 5.78. The van der Waals surface area contributed by atoms with Crippen molar-refractivity contribution in [3.63, 3.8) is 0 Å². The van der Waals surface area contributed by atoms with Gasteiger partial charge in [-0.2, -0.15) is 4.99 Å². The van der Waals surface area contributed by atoms with E-state index in [4.69, 9.17) is 16.2 Å². The van der Waals surface area contributed by atoms with Gasteiger partial charge < -0.3 is 16.2 Å². The van der Waals surface area contributed by atoms with Crippen LogP contribution >= 0.6 is 0 Å². The van der Waals surface area contributed by atoms with Crippen molar-refractivity contribution in [2.24, 2.45) is 16.5 Å². The first-order chi connectivity index (χ1) is 12.1. The van der Waals surface area contributed by atoms with E-state index in [0.29, 0.717) is 12.2 Å². The number of hydrogen-bond donors (Lipinski definition) is 2. The van der Waals surface area contributed by atoms with Crippen LogP contribution in [0, 0.1) is 0 Å². The molecule has 6 nitrogen and oxygen atoms in total. The fourth-order valence-electron chi connectivity index (χ4n) is 3.56. The molecule has 0 radical (unpaired) electrons. The van der Waals surface area contributed by atoms with Crippen molar-refractivity contribution in [3.05, 3.63) is 53.2 Å². The number of aliphatic imine (C=N–C) groups is 1. The lowest BCUT2D eigenvalue weighted by atomic mass is 9.88. The van der Waals surface area contributed by atoms with Crippen LogP contribution in [0.25, 0.3) is 11.3 Å². The van der Waals surface area contributed by atoms with Crippen molar-refractivity contribution in [3.8, 4) is 11.3 Å². The zero-order valence-electron chi connectivity index (χ0n) is 14.5. The lowest BCUT2D eigenvalue weighted by Crippen LogP contribution is -2.25. The highest BCUT2D eigenvalue weighted by molar-refractivity contribution is 6.02. The minimum atomic E-state index is -0.507. The quantitative estimate of drug-likeness (QED) is 0.614. The number of carbonyl (C=O) groups excluding carboxylic acids is 1. The summed E-state index contributed by atoms with van der Waals surface area (Å²) in [5.41, 5.74) is 14.5. The summed E-state index contributed by atoms with van der Waals surface area (Å²) in [5, 5.41) is 0. The van der Waals surface area contributed by atoms with Crippen LogP contribution in [-0.2, 0) is 10.3 Å². The standard InChI is InChI=1S/C17H16N4O2.C2H6/c18-16(19)21-15(22)10-4-5-11-13(9-10)17(6-2-8-23-17)12-3-1-7-20-14(11)12;1-2/h1,3-5,7,9H,2,6,8H2,(H4,18,19,21,22);1-2H3. The molecule has 1 aliphatic carbocycles. The molecule has 4 rings (SSSR count). The summed E-state index contributed by atoms with van der Waals surface area (Å²) >= 11 is 0. The maximum absolute atomic E-state index is 12.1. The second kappa shape index (κ2) is 6.64. The van der Waals surface area contributed by atoms with Crippen LogP contribution in [0.3, 0.4) is 0 Å². The van der Waals surface area contributed by atoms with Crippen molar-refractivity contribution in [2.75, 3.05) is 6.61 Å². The molecule has 0 saturated carbocycles. The first-order valence-electron chi connectivity index (χ1n) is 8.50. The van der Waals surface area contributed by atoms with Gasteiger partial charge in [0.25, 0.3) is 5.91 Å². The minimum Gasteiger partial charge on any atom is -0.370 e. The van der Waals surface area contributed by atoms with Gasteiger partial charge in [0.05, 0.1) is 5.69 Å². The second-order valence-electron chi connectivity index (χ2n) is 5.78. The molecule has 6 heteroatoms. The smallest absolute Gasteiger partial charge is 0.280 e. The molecule has 0 bridgehead atoms. The fraction of sp³-hybridized carbons (Fsp3) is 0.316. The van der Waals surface area contributed by atoms with Gasteiger partial charge in [0.2, 0.25) is 0 Å². The molecule has 1 fully saturated rings. The summed E-state index contributed by atoms with van der Waals surface area (Å²) in [6, 6.07) is 9.41. The predicted molar refractivity (Wildman–Crippen MR) is 97.1 cm³/mol. The first kappa shape index (κ1) is 17.1. The number of rotatable bonds is 1. The summed E-state index contributed by atoms with van der Waals surface area (Å²) in [6.07, 6.45) is 3.62. The molecular weight excluding hydrogens is 316 g/mol. The van der Waals surface area contributed by atoms with E-state index in [1.807, 2.05) is 38.1 Å². The minimum absolute atomic E-state index is 0.243. The third kappa shape index (κ3) is 2.68. The van der Waals surface area contributed by atoms with Crippen LogP contribution in [0.2, 0.25) is 0 Å². The van der Waals surface area contributed by atoms with Crippen LogP contribution in [-0.4, -0.2) is 23.5 Å². The number of nitrogens with two attached hydrogens (primary N) is 2. The summed E-state index contributed by atoms with van der Waals surface area (Å²) in [5.74, 6) is -0.697. The molecule has 2 heterocycles. The van der Waals surface area contributed by atoms with E-state index in [1.165, 1.54) is 0 Å². The van der Waals surface area contributed by atoms with Crippen LogP contribution < -0.4 is 11.5 Å². The van der Waals surface area contributed by atoms with Crippen LogP contribution in [0.4, 0.5) is 0 Å². The molecule has 1 aliphatic heterocycles. The van der Waals surface area contributed by atoms with Crippen LogP contribution in [0.15, 0.2) is 41.5 Å². The van der Waals surface area contributed by atoms with E-state index in [9.17, 15) is 4.79 Å². The van der Waals surface area contributed by atoms with E-state index < -0.39 is 11.5 Å². The molecule has 130 valence electrons. The summed E-state index contributed by atoms with van der Waals surface area (Å²) in [6.45, 7) is 4.69. The van der Waals surface area contributed by atoms with Gasteiger partial charge in [0.1, 0.15) is 5.60 Å². The van der Waals surface area contributed by atoms with Gasteiger partial charge in [-0.1, -0.05) is 26.0 Å². The molecule has 1 atom stereocenters. The van der Waals surface area contributed by atoms with Crippen molar-refractivity contribution < 1.29 is 9.53 Å². The van der Waals surface area contributed by atoms with Gasteiger partial charge in [0.15, 0.2) is 5.96 Å². The van der Waals surface area contributed by atoms with Gasteiger partial charge in [0, 0.05) is 29.5 Å². The average molecular weight is 338 g/mol. The predicted octanol–water partition coefficient (Wildman–Crippen LogP) is 2.56. The molecular formula is C19H22N4O2. The molecule has 1 aromatic carbocycles.